The van der Waals surface area contributed by atoms with Crippen LogP contribution in [-0.2, 0) is 6.42 Å². The highest BCUT2D eigenvalue weighted by Crippen LogP contribution is 2.36. The van der Waals surface area contributed by atoms with Crippen molar-refractivity contribution in [2.24, 2.45) is 0 Å². The SMILES string of the molecule is Cc1oc([C@@H]2CCc3cc(-c4cc(Cl)ccc4-n4cnnn4)cc(=O)n32)nc1-c1ccc(NC(=O)O)cc1. The van der Waals surface area contributed by atoms with E-state index >= 15 is 0 Å². The average molecular weight is 530 g/mol. The van der Waals surface area contributed by atoms with Gasteiger partial charge in [0.1, 0.15) is 23.8 Å². The van der Waals surface area contributed by atoms with Crippen LogP contribution < -0.4 is 10.9 Å². The normalized spacial score (nSPS) is 14.4. The van der Waals surface area contributed by atoms with E-state index in [1.807, 2.05) is 19.1 Å². The first-order chi connectivity index (χ1) is 18.4. The van der Waals surface area contributed by atoms with Crippen LogP contribution in [0.4, 0.5) is 10.5 Å². The molecule has 0 saturated carbocycles. The molecule has 0 spiro atoms. The molecule has 3 aromatic heterocycles. The van der Waals surface area contributed by atoms with Crippen LogP contribution in [0.1, 0.15) is 29.8 Å². The van der Waals surface area contributed by atoms with Gasteiger partial charge >= 0.3 is 6.09 Å². The number of nitrogens with one attached hydrogen (secondary N) is 1. The monoisotopic (exact) mass is 529 g/mol. The Bertz CT molecular complexity index is 1730. The zero-order chi connectivity index (χ0) is 26.4. The van der Waals surface area contributed by atoms with E-state index in [1.54, 1.807) is 47.0 Å². The molecule has 2 aromatic carbocycles. The summed E-state index contributed by atoms with van der Waals surface area (Å²) in [7, 11) is 0. The minimum absolute atomic E-state index is 0.177. The lowest BCUT2D eigenvalue weighted by molar-refractivity contribution is 0.209. The standard InChI is InChI=1S/C26H20ClN7O4/c1-14-24(15-2-5-18(6-3-15)29-26(36)37)30-25(38-14)22-9-7-19-10-16(11-23(35)34(19)22)20-12-17(27)4-8-21(20)33-13-28-31-32-33/h2-6,8,10-13,22,29H,7,9H2,1H3,(H,36,37)/t22-/m0/s1. The molecule has 1 aliphatic rings. The Morgan fingerprint density at radius 2 is 1.95 bits per heavy atom. The van der Waals surface area contributed by atoms with Crippen molar-refractivity contribution in [3.63, 3.8) is 0 Å². The van der Waals surface area contributed by atoms with Gasteiger partial charge in [-0.05, 0) is 72.2 Å². The molecule has 0 unspecified atom stereocenters. The maximum atomic E-state index is 13.4. The Balaban J connectivity index is 1.35. The zero-order valence-electron chi connectivity index (χ0n) is 20.0. The molecule has 38 heavy (non-hydrogen) atoms. The Morgan fingerprint density at radius 1 is 1.13 bits per heavy atom. The number of oxazole rings is 1. The van der Waals surface area contributed by atoms with Gasteiger partial charge in [-0.2, -0.15) is 4.68 Å². The highest BCUT2D eigenvalue weighted by molar-refractivity contribution is 6.31. The molecule has 0 aliphatic carbocycles. The van der Waals surface area contributed by atoms with Gasteiger partial charge in [-0.1, -0.05) is 23.7 Å². The van der Waals surface area contributed by atoms with E-state index in [4.69, 9.17) is 26.1 Å². The number of halogens is 1. The Hall–Kier alpha value is -4.77. The molecule has 190 valence electrons. The van der Waals surface area contributed by atoms with Crippen LogP contribution in [-0.4, -0.2) is 41.0 Å². The van der Waals surface area contributed by atoms with Crippen LogP contribution in [0.15, 0.2) is 70.1 Å². The number of hydrogen-bond acceptors (Lipinski definition) is 7. The third-order valence-corrected chi connectivity index (χ3v) is 6.74. The lowest BCUT2D eigenvalue weighted by Gasteiger charge is -2.14. The van der Waals surface area contributed by atoms with Gasteiger partial charge in [0.2, 0.25) is 5.89 Å². The van der Waals surface area contributed by atoms with Crippen molar-refractivity contribution in [3.8, 4) is 28.1 Å². The Morgan fingerprint density at radius 3 is 2.68 bits per heavy atom. The van der Waals surface area contributed by atoms with Crippen LogP contribution in [0, 0.1) is 6.92 Å². The molecule has 0 fully saturated rings. The number of benzene rings is 2. The van der Waals surface area contributed by atoms with Crippen molar-refractivity contribution in [2.45, 2.75) is 25.8 Å². The largest absolute Gasteiger partial charge is 0.465 e. The summed E-state index contributed by atoms with van der Waals surface area (Å²) in [5, 5.41) is 23.1. The molecule has 2 N–H and O–H groups in total. The van der Waals surface area contributed by atoms with Gasteiger partial charge in [0.15, 0.2) is 0 Å². The van der Waals surface area contributed by atoms with Crippen LogP contribution in [0.5, 0.6) is 0 Å². The summed E-state index contributed by atoms with van der Waals surface area (Å²) in [6.07, 6.45) is 1.69. The minimum atomic E-state index is -1.13. The quantitative estimate of drug-likeness (QED) is 0.333. The first-order valence-corrected chi connectivity index (χ1v) is 12.1. The van der Waals surface area contributed by atoms with Gasteiger partial charge in [0.05, 0.1) is 5.69 Å². The van der Waals surface area contributed by atoms with E-state index in [-0.39, 0.29) is 11.6 Å². The topological polar surface area (TPSA) is 141 Å². The number of pyridine rings is 1. The maximum absolute atomic E-state index is 13.4. The second-order valence-corrected chi connectivity index (χ2v) is 9.31. The number of aryl methyl sites for hydroxylation is 2. The fraction of sp³-hybridized carbons (Fsp3) is 0.154. The summed E-state index contributed by atoms with van der Waals surface area (Å²) >= 11 is 6.29. The maximum Gasteiger partial charge on any atom is 0.409 e. The first kappa shape index (κ1) is 23.6. The Kier molecular flexibility index (Phi) is 5.76. The third kappa shape index (κ3) is 4.22. The number of tetrazole rings is 1. The number of fused-ring (bicyclic) bond motifs is 1. The van der Waals surface area contributed by atoms with Crippen molar-refractivity contribution < 1.29 is 14.3 Å². The number of aromatic nitrogens is 6. The summed E-state index contributed by atoms with van der Waals surface area (Å²) in [6.45, 7) is 1.82. The number of amides is 1. The second kappa shape index (κ2) is 9.27. The molecule has 0 bridgehead atoms. The van der Waals surface area contributed by atoms with Crippen LogP contribution in [0.3, 0.4) is 0 Å². The molecule has 1 amide bonds. The van der Waals surface area contributed by atoms with Crippen molar-refractivity contribution in [1.29, 1.82) is 0 Å². The predicted molar refractivity (Wildman–Crippen MR) is 139 cm³/mol. The fourth-order valence-corrected chi connectivity index (χ4v) is 5.03. The average Bonchev–Trinajstić information content (AvgIpc) is 3.64. The van der Waals surface area contributed by atoms with Crippen molar-refractivity contribution in [2.75, 3.05) is 5.32 Å². The van der Waals surface area contributed by atoms with E-state index in [2.05, 4.69) is 20.8 Å². The van der Waals surface area contributed by atoms with Crippen LogP contribution in [0.2, 0.25) is 5.02 Å². The molecular formula is C26H20ClN7O4. The molecule has 11 nitrogen and oxygen atoms in total. The number of carboxylic acid groups (broad SMARTS) is 1. The molecule has 12 heteroatoms. The minimum Gasteiger partial charge on any atom is -0.465 e. The molecule has 0 radical (unpaired) electrons. The smallest absolute Gasteiger partial charge is 0.409 e. The lowest BCUT2D eigenvalue weighted by atomic mass is 10.0. The van der Waals surface area contributed by atoms with Gasteiger partial charge in [-0.15, -0.1) is 5.10 Å². The number of carbonyl (C=O) groups is 1. The molecule has 6 rings (SSSR count). The van der Waals surface area contributed by atoms with Gasteiger partial charge in [-0.25, -0.2) is 9.78 Å². The van der Waals surface area contributed by atoms with E-state index in [1.165, 1.54) is 11.0 Å². The van der Waals surface area contributed by atoms with Crippen molar-refractivity contribution in [1.82, 2.24) is 29.8 Å². The van der Waals surface area contributed by atoms with Crippen molar-refractivity contribution in [3.05, 3.63) is 93.6 Å². The summed E-state index contributed by atoms with van der Waals surface area (Å²) in [6, 6.07) is 15.4. The number of nitrogens with zero attached hydrogens (tertiary/aromatic N) is 6. The molecular weight excluding hydrogens is 510 g/mol. The van der Waals surface area contributed by atoms with Gasteiger partial charge in [-0.3, -0.25) is 10.1 Å². The van der Waals surface area contributed by atoms with Gasteiger partial charge < -0.3 is 14.1 Å². The number of hydrogen-bond donors (Lipinski definition) is 2. The van der Waals surface area contributed by atoms with Crippen molar-refractivity contribution >= 4 is 23.4 Å². The highest BCUT2D eigenvalue weighted by atomic mass is 35.5. The van der Waals surface area contributed by atoms with Gasteiger partial charge in [0.25, 0.3) is 5.56 Å². The van der Waals surface area contributed by atoms with E-state index in [0.717, 1.165) is 16.8 Å². The zero-order valence-corrected chi connectivity index (χ0v) is 20.8. The second-order valence-electron chi connectivity index (χ2n) is 8.88. The van der Waals surface area contributed by atoms with Crippen LogP contribution in [0.25, 0.3) is 28.1 Å². The molecule has 1 atom stereocenters. The molecule has 1 aliphatic heterocycles. The fourth-order valence-electron chi connectivity index (χ4n) is 4.86. The third-order valence-electron chi connectivity index (χ3n) is 6.51. The first-order valence-electron chi connectivity index (χ1n) is 11.7. The highest BCUT2D eigenvalue weighted by Gasteiger charge is 2.30. The summed E-state index contributed by atoms with van der Waals surface area (Å²) < 4.78 is 9.29. The van der Waals surface area contributed by atoms with Gasteiger partial charge in [0, 0.05) is 33.6 Å². The predicted octanol–water partition coefficient (Wildman–Crippen LogP) is 4.73. The number of rotatable bonds is 5. The molecule has 0 saturated heterocycles. The number of anilines is 1. The lowest BCUT2D eigenvalue weighted by Crippen LogP contribution is -2.23. The van der Waals surface area contributed by atoms with E-state index in [9.17, 15) is 9.59 Å². The summed E-state index contributed by atoms with van der Waals surface area (Å²) in [4.78, 5) is 29.0. The van der Waals surface area contributed by atoms with E-state index in [0.29, 0.717) is 52.1 Å². The Labute approximate surface area is 220 Å². The molecule has 5 aromatic rings. The molecule has 4 heterocycles. The van der Waals surface area contributed by atoms with Crippen LogP contribution >= 0.6 is 11.6 Å². The van der Waals surface area contributed by atoms with E-state index < -0.39 is 6.09 Å². The summed E-state index contributed by atoms with van der Waals surface area (Å²) in [5.74, 6) is 1.07. The summed E-state index contributed by atoms with van der Waals surface area (Å²) in [5.41, 5.74) is 4.73.